The van der Waals surface area contributed by atoms with Crippen LogP contribution in [0.1, 0.15) is 39.0 Å². The lowest BCUT2D eigenvalue weighted by Crippen LogP contribution is -2.45. The Morgan fingerprint density at radius 2 is 2.24 bits per heavy atom. The summed E-state index contributed by atoms with van der Waals surface area (Å²) in [5.41, 5.74) is 0.329. The predicted octanol–water partition coefficient (Wildman–Crippen LogP) is 1.52. The molecule has 1 spiro atoms. The molecule has 0 radical (unpaired) electrons. The Bertz CT molecular complexity index is 311. The van der Waals surface area contributed by atoms with Crippen molar-refractivity contribution in [2.75, 3.05) is 18.8 Å². The van der Waals surface area contributed by atoms with Crippen LogP contribution >= 0.6 is 11.8 Å². The first-order valence-electron chi connectivity index (χ1n) is 6.40. The molecule has 5 heteroatoms. The van der Waals surface area contributed by atoms with Crippen LogP contribution in [-0.4, -0.2) is 35.5 Å². The molecule has 0 aromatic rings. The molecule has 2 aliphatic rings. The Balaban J connectivity index is 1.76. The van der Waals surface area contributed by atoms with Gasteiger partial charge in [0.25, 0.3) is 0 Å². The number of nitrogens with one attached hydrogen (secondary N) is 2. The molecule has 0 unspecified atom stereocenters. The summed E-state index contributed by atoms with van der Waals surface area (Å²) in [4.78, 5) is 15.2. The average Bonchev–Trinajstić information content (AvgIpc) is 2.69. The van der Waals surface area contributed by atoms with Crippen molar-refractivity contribution in [1.29, 1.82) is 0 Å². The van der Waals surface area contributed by atoms with Crippen molar-refractivity contribution in [1.82, 2.24) is 10.6 Å². The molecule has 1 aliphatic carbocycles. The van der Waals surface area contributed by atoms with Crippen molar-refractivity contribution in [3.63, 3.8) is 0 Å². The highest BCUT2D eigenvalue weighted by atomic mass is 32.2. The van der Waals surface area contributed by atoms with Gasteiger partial charge in [0.05, 0.1) is 6.54 Å². The minimum atomic E-state index is 0.0148. The summed E-state index contributed by atoms with van der Waals surface area (Å²) in [6.45, 7) is 2.84. The lowest BCUT2D eigenvalue weighted by molar-refractivity contribution is -0.118. The minimum absolute atomic E-state index is 0.0148. The van der Waals surface area contributed by atoms with Gasteiger partial charge >= 0.3 is 0 Å². The normalized spacial score (nSPS) is 24.9. The van der Waals surface area contributed by atoms with Gasteiger partial charge in [0.15, 0.2) is 5.17 Å². The van der Waals surface area contributed by atoms with Crippen molar-refractivity contribution in [2.45, 2.75) is 44.6 Å². The highest BCUT2D eigenvalue weighted by molar-refractivity contribution is 8.14. The van der Waals surface area contributed by atoms with Gasteiger partial charge in [-0.1, -0.05) is 31.0 Å². The van der Waals surface area contributed by atoms with Crippen LogP contribution in [0.25, 0.3) is 0 Å². The van der Waals surface area contributed by atoms with E-state index in [2.05, 4.69) is 15.6 Å². The number of nitrogens with zero attached hydrogens (tertiary/aromatic N) is 1. The van der Waals surface area contributed by atoms with Crippen LogP contribution < -0.4 is 10.6 Å². The van der Waals surface area contributed by atoms with Crippen molar-refractivity contribution >= 4 is 22.8 Å². The number of hydrogen-bond acceptors (Lipinski definition) is 3. The lowest BCUT2D eigenvalue weighted by Gasteiger charge is -2.32. The van der Waals surface area contributed by atoms with E-state index in [9.17, 15) is 4.79 Å². The van der Waals surface area contributed by atoms with Crippen LogP contribution in [0.4, 0.5) is 0 Å². The number of thioether (sulfide) groups is 1. The molecule has 96 valence electrons. The number of amidine groups is 1. The third-order valence-corrected chi connectivity index (χ3v) is 4.61. The van der Waals surface area contributed by atoms with E-state index in [0.29, 0.717) is 18.6 Å². The predicted molar refractivity (Wildman–Crippen MR) is 72.4 cm³/mol. The Kier molecular flexibility index (Phi) is 4.31. The van der Waals surface area contributed by atoms with E-state index in [1.54, 1.807) is 0 Å². The number of amides is 1. The van der Waals surface area contributed by atoms with Crippen LogP contribution in [-0.2, 0) is 4.79 Å². The van der Waals surface area contributed by atoms with Crippen LogP contribution in [0.3, 0.4) is 0 Å². The average molecular weight is 255 g/mol. The van der Waals surface area contributed by atoms with E-state index in [-0.39, 0.29) is 5.91 Å². The van der Waals surface area contributed by atoms with E-state index >= 15 is 0 Å². The molecule has 17 heavy (non-hydrogen) atoms. The molecule has 2 N–H and O–H groups in total. The first-order chi connectivity index (χ1) is 8.20. The van der Waals surface area contributed by atoms with Crippen LogP contribution in [0.15, 0.2) is 4.99 Å². The maximum absolute atomic E-state index is 10.7. The summed E-state index contributed by atoms with van der Waals surface area (Å²) in [6, 6.07) is 0. The fourth-order valence-corrected chi connectivity index (χ4v) is 3.72. The van der Waals surface area contributed by atoms with Crippen molar-refractivity contribution in [2.24, 2.45) is 4.99 Å². The highest BCUT2D eigenvalue weighted by Gasteiger charge is 2.37. The lowest BCUT2D eigenvalue weighted by atomic mass is 9.83. The van der Waals surface area contributed by atoms with Gasteiger partial charge < -0.3 is 10.6 Å². The Morgan fingerprint density at radius 3 is 2.94 bits per heavy atom. The van der Waals surface area contributed by atoms with E-state index in [0.717, 1.165) is 10.9 Å². The van der Waals surface area contributed by atoms with Gasteiger partial charge in [0.1, 0.15) is 0 Å². The molecule has 1 amide bonds. The molecular weight excluding hydrogens is 234 g/mol. The standard InChI is InChI=1S/C12H21N3OS/c1-10(16)13-7-8-14-11-15-12(9-17-11)5-3-2-4-6-12/h2-9H2,1H3,(H,13,16)(H,14,15). The fraction of sp³-hybridized carbons (Fsp3) is 0.833. The van der Waals surface area contributed by atoms with Crippen LogP contribution in [0.5, 0.6) is 0 Å². The summed E-state index contributed by atoms with van der Waals surface area (Å²) >= 11 is 1.83. The van der Waals surface area contributed by atoms with E-state index in [1.165, 1.54) is 39.0 Å². The SMILES string of the molecule is CC(=O)NCCN=C1NC2(CCCCC2)CS1. The van der Waals surface area contributed by atoms with E-state index < -0.39 is 0 Å². The number of rotatable bonds is 3. The third kappa shape index (κ3) is 3.63. The summed E-state index contributed by atoms with van der Waals surface area (Å²) in [5.74, 6) is 1.17. The molecule has 2 rings (SSSR count). The molecule has 0 atom stereocenters. The highest BCUT2D eigenvalue weighted by Crippen LogP contribution is 2.35. The zero-order chi connectivity index (χ0) is 12.1. The molecular formula is C12H21N3OS. The second kappa shape index (κ2) is 5.76. The third-order valence-electron chi connectivity index (χ3n) is 3.41. The Labute approximate surface area is 107 Å². The Hall–Kier alpha value is -0.710. The second-order valence-corrected chi connectivity index (χ2v) is 5.89. The largest absolute Gasteiger partial charge is 0.359 e. The van der Waals surface area contributed by atoms with Gasteiger partial charge in [-0.2, -0.15) is 0 Å². The maximum atomic E-state index is 10.7. The summed E-state index contributed by atoms with van der Waals surface area (Å²) in [5, 5.41) is 7.42. The number of hydrogen-bond donors (Lipinski definition) is 2. The maximum Gasteiger partial charge on any atom is 0.216 e. The van der Waals surface area contributed by atoms with Gasteiger partial charge in [0.2, 0.25) is 5.91 Å². The van der Waals surface area contributed by atoms with E-state index in [1.807, 2.05) is 11.8 Å². The molecule has 1 heterocycles. The molecule has 2 fully saturated rings. The molecule has 4 nitrogen and oxygen atoms in total. The summed E-state index contributed by atoms with van der Waals surface area (Å²) < 4.78 is 0. The molecule has 0 aromatic heterocycles. The molecule has 1 aliphatic heterocycles. The van der Waals surface area contributed by atoms with Crippen LogP contribution in [0, 0.1) is 0 Å². The van der Waals surface area contributed by atoms with Gasteiger partial charge in [-0.25, -0.2) is 0 Å². The Morgan fingerprint density at radius 1 is 1.47 bits per heavy atom. The van der Waals surface area contributed by atoms with Gasteiger partial charge in [-0.15, -0.1) is 0 Å². The van der Waals surface area contributed by atoms with Gasteiger partial charge in [-0.05, 0) is 12.8 Å². The molecule has 1 saturated heterocycles. The van der Waals surface area contributed by atoms with E-state index in [4.69, 9.17) is 0 Å². The summed E-state index contributed by atoms with van der Waals surface area (Å²) in [6.07, 6.45) is 6.62. The van der Waals surface area contributed by atoms with Crippen molar-refractivity contribution < 1.29 is 4.79 Å². The molecule has 0 bridgehead atoms. The zero-order valence-electron chi connectivity index (χ0n) is 10.4. The quantitative estimate of drug-likeness (QED) is 0.752. The number of aliphatic imine (C=N–C) groups is 1. The first kappa shape index (κ1) is 12.7. The topological polar surface area (TPSA) is 53.5 Å². The van der Waals surface area contributed by atoms with Gasteiger partial charge in [0, 0.05) is 24.8 Å². The first-order valence-corrected chi connectivity index (χ1v) is 7.39. The monoisotopic (exact) mass is 255 g/mol. The summed E-state index contributed by atoms with van der Waals surface area (Å²) in [7, 11) is 0. The zero-order valence-corrected chi connectivity index (χ0v) is 11.2. The van der Waals surface area contributed by atoms with Crippen molar-refractivity contribution in [3.05, 3.63) is 0 Å². The second-order valence-electron chi connectivity index (χ2n) is 4.92. The van der Waals surface area contributed by atoms with Gasteiger partial charge in [-0.3, -0.25) is 9.79 Å². The smallest absolute Gasteiger partial charge is 0.216 e. The minimum Gasteiger partial charge on any atom is -0.359 e. The molecule has 0 aromatic carbocycles. The van der Waals surface area contributed by atoms with Crippen LogP contribution in [0.2, 0.25) is 0 Å². The van der Waals surface area contributed by atoms with Crippen molar-refractivity contribution in [3.8, 4) is 0 Å². The number of carbonyl (C=O) groups is 1. The fourth-order valence-electron chi connectivity index (χ4n) is 2.48. The number of carbonyl (C=O) groups excluding carboxylic acids is 1. The molecule has 1 saturated carbocycles.